The van der Waals surface area contributed by atoms with E-state index in [4.69, 9.17) is 4.74 Å². The molecule has 1 aromatic heterocycles. The van der Waals surface area contributed by atoms with Gasteiger partial charge < -0.3 is 9.64 Å². The number of aromatic nitrogens is 1. The van der Waals surface area contributed by atoms with Crippen LogP contribution in [0.4, 0.5) is 5.82 Å². The van der Waals surface area contributed by atoms with Gasteiger partial charge in [0.25, 0.3) is 21.8 Å². The molecule has 1 aliphatic rings. The molecule has 2 amide bonds. The third-order valence-electron chi connectivity index (χ3n) is 5.88. The topological polar surface area (TPSA) is 121 Å². The molecule has 1 saturated heterocycles. The average Bonchev–Trinajstić information content (AvgIpc) is 2.96. The van der Waals surface area contributed by atoms with Crippen molar-refractivity contribution < 1.29 is 22.7 Å². The van der Waals surface area contributed by atoms with Crippen LogP contribution in [0.5, 0.6) is 5.75 Å². The average molecular weight is 536 g/mol. The van der Waals surface area contributed by atoms with Crippen LogP contribution < -0.4 is 14.5 Å². The van der Waals surface area contributed by atoms with Crippen molar-refractivity contribution >= 4 is 33.9 Å². The number of likely N-dealkylation sites (tertiary alicyclic amines) is 1. The predicted molar refractivity (Wildman–Crippen MR) is 143 cm³/mol. The van der Waals surface area contributed by atoms with Gasteiger partial charge in [-0.15, -0.1) is 0 Å². The first kappa shape index (κ1) is 26.8. The Morgan fingerprint density at radius 2 is 1.68 bits per heavy atom. The maximum absolute atomic E-state index is 13.2. The number of hydrogen-bond donors (Lipinski definition) is 1. The number of anilines is 1. The lowest BCUT2D eigenvalue weighted by atomic mass is 10.1. The number of nitrogens with zero attached hydrogens (tertiary/aromatic N) is 4. The summed E-state index contributed by atoms with van der Waals surface area (Å²) < 4.78 is 33.0. The fourth-order valence-electron chi connectivity index (χ4n) is 3.88. The summed E-state index contributed by atoms with van der Waals surface area (Å²) in [6, 6.07) is 19.5. The number of benzene rings is 2. The van der Waals surface area contributed by atoms with Gasteiger partial charge in [0.2, 0.25) is 0 Å². The van der Waals surface area contributed by atoms with Gasteiger partial charge >= 0.3 is 0 Å². The zero-order chi connectivity index (χ0) is 26.8. The molecule has 0 saturated carbocycles. The number of pyridine rings is 1. The van der Waals surface area contributed by atoms with E-state index >= 15 is 0 Å². The van der Waals surface area contributed by atoms with Crippen LogP contribution in [-0.2, 0) is 19.6 Å². The van der Waals surface area contributed by atoms with Crippen LogP contribution in [-0.4, -0.2) is 62.6 Å². The number of carbonyl (C=O) groups excluding carboxylic acids is 2. The van der Waals surface area contributed by atoms with Gasteiger partial charge in [-0.1, -0.05) is 24.3 Å². The molecule has 4 rings (SSSR count). The first-order chi connectivity index (χ1) is 18.4. The van der Waals surface area contributed by atoms with E-state index in [0.717, 1.165) is 36.7 Å². The fourth-order valence-corrected chi connectivity index (χ4v) is 5.28. The van der Waals surface area contributed by atoms with Crippen LogP contribution in [0, 0.1) is 0 Å². The van der Waals surface area contributed by atoms with Gasteiger partial charge in [0.1, 0.15) is 18.1 Å². The molecule has 10 nitrogen and oxygen atoms in total. The molecule has 11 heteroatoms. The van der Waals surface area contributed by atoms with Gasteiger partial charge in [-0.05, 0) is 73.4 Å². The molecule has 3 aromatic rings. The summed E-state index contributed by atoms with van der Waals surface area (Å²) in [6.07, 6.45) is 6.09. The summed E-state index contributed by atoms with van der Waals surface area (Å²) in [5, 5.41) is 3.94. The van der Waals surface area contributed by atoms with Crippen LogP contribution >= 0.6 is 0 Å². The molecule has 0 unspecified atom stereocenters. The number of hydrazone groups is 1. The second-order valence-electron chi connectivity index (χ2n) is 8.61. The Morgan fingerprint density at radius 1 is 0.974 bits per heavy atom. The Morgan fingerprint density at radius 3 is 2.37 bits per heavy atom. The lowest BCUT2D eigenvalue weighted by Crippen LogP contribution is -2.40. The van der Waals surface area contributed by atoms with E-state index in [9.17, 15) is 18.0 Å². The van der Waals surface area contributed by atoms with Gasteiger partial charge in [-0.25, -0.2) is 23.1 Å². The minimum absolute atomic E-state index is 0.0118. The summed E-state index contributed by atoms with van der Waals surface area (Å²) in [5.74, 6) is 0.00757. The SMILES string of the molecule is O=C(CN(c1ccccn1)S(=O)(=O)c1ccccc1)N/N=C\c1ccc(OCC(=O)N2CCCCC2)cc1. The monoisotopic (exact) mass is 535 g/mol. The van der Waals surface area contributed by atoms with Gasteiger partial charge in [-0.3, -0.25) is 9.59 Å². The van der Waals surface area contributed by atoms with E-state index in [0.29, 0.717) is 11.3 Å². The summed E-state index contributed by atoms with van der Waals surface area (Å²) in [5.41, 5.74) is 3.04. The van der Waals surface area contributed by atoms with Crippen LogP contribution in [0.2, 0.25) is 0 Å². The first-order valence-electron chi connectivity index (χ1n) is 12.2. The Bertz CT molecular complexity index is 1340. The number of rotatable bonds is 10. The summed E-state index contributed by atoms with van der Waals surface area (Å²) >= 11 is 0. The van der Waals surface area contributed by atoms with Crippen LogP contribution in [0.15, 0.2) is 89.0 Å². The minimum atomic E-state index is -4.03. The molecular weight excluding hydrogens is 506 g/mol. The van der Waals surface area contributed by atoms with Crippen molar-refractivity contribution in [3.63, 3.8) is 0 Å². The summed E-state index contributed by atoms with van der Waals surface area (Å²) in [7, 11) is -4.03. The zero-order valence-electron chi connectivity index (χ0n) is 20.8. The van der Waals surface area contributed by atoms with Crippen molar-refractivity contribution in [2.75, 3.05) is 30.5 Å². The Labute approximate surface area is 222 Å². The molecule has 0 bridgehead atoms. The number of sulfonamides is 1. The maximum atomic E-state index is 13.2. The van der Waals surface area contributed by atoms with E-state index in [1.165, 1.54) is 30.6 Å². The van der Waals surface area contributed by atoms with Gasteiger partial charge in [0, 0.05) is 19.3 Å². The van der Waals surface area contributed by atoms with E-state index in [1.807, 2.05) is 4.90 Å². The highest BCUT2D eigenvalue weighted by Crippen LogP contribution is 2.21. The molecule has 1 fully saturated rings. The first-order valence-corrected chi connectivity index (χ1v) is 13.7. The number of hydrogen-bond acceptors (Lipinski definition) is 7. The summed E-state index contributed by atoms with van der Waals surface area (Å²) in [6.45, 7) is 1.04. The lowest BCUT2D eigenvalue weighted by Gasteiger charge is -2.26. The van der Waals surface area contributed by atoms with Crippen molar-refractivity contribution in [1.29, 1.82) is 0 Å². The highest BCUT2D eigenvalue weighted by molar-refractivity contribution is 7.92. The second-order valence-corrected chi connectivity index (χ2v) is 10.5. The third kappa shape index (κ3) is 7.16. The second kappa shape index (κ2) is 12.8. The summed E-state index contributed by atoms with van der Waals surface area (Å²) in [4.78, 5) is 30.8. The molecule has 0 spiro atoms. The quantitative estimate of drug-likeness (QED) is 0.315. The smallest absolute Gasteiger partial charge is 0.265 e. The van der Waals surface area contributed by atoms with Crippen molar-refractivity contribution in [3.8, 4) is 5.75 Å². The molecule has 2 aromatic carbocycles. The Kier molecular flexibility index (Phi) is 9.04. The van der Waals surface area contributed by atoms with Crippen LogP contribution in [0.1, 0.15) is 24.8 Å². The molecule has 0 aliphatic carbocycles. The zero-order valence-corrected chi connectivity index (χ0v) is 21.6. The molecule has 1 N–H and O–H groups in total. The number of carbonyl (C=O) groups is 2. The molecular formula is C27H29N5O5S. The van der Waals surface area contributed by atoms with Crippen LogP contribution in [0.3, 0.4) is 0 Å². The maximum Gasteiger partial charge on any atom is 0.265 e. The lowest BCUT2D eigenvalue weighted by molar-refractivity contribution is -0.134. The fraction of sp³-hybridized carbons (Fsp3) is 0.259. The van der Waals surface area contributed by atoms with Crippen molar-refractivity contribution in [2.24, 2.45) is 5.10 Å². The minimum Gasteiger partial charge on any atom is -0.484 e. The van der Waals surface area contributed by atoms with E-state index in [-0.39, 0.29) is 23.2 Å². The molecule has 0 radical (unpaired) electrons. The number of nitrogens with one attached hydrogen (secondary N) is 1. The van der Waals surface area contributed by atoms with Crippen molar-refractivity contribution in [1.82, 2.24) is 15.3 Å². The Hall–Kier alpha value is -4.25. The number of amides is 2. The number of ether oxygens (including phenoxy) is 1. The van der Waals surface area contributed by atoms with E-state index in [1.54, 1.807) is 54.6 Å². The van der Waals surface area contributed by atoms with Crippen molar-refractivity contribution in [3.05, 3.63) is 84.6 Å². The van der Waals surface area contributed by atoms with Gasteiger partial charge in [0.05, 0.1) is 11.1 Å². The third-order valence-corrected chi connectivity index (χ3v) is 7.64. The molecule has 38 heavy (non-hydrogen) atoms. The van der Waals surface area contributed by atoms with Gasteiger partial charge in [0.15, 0.2) is 6.61 Å². The normalized spacial score (nSPS) is 13.7. The van der Waals surface area contributed by atoms with Gasteiger partial charge in [-0.2, -0.15) is 5.10 Å². The van der Waals surface area contributed by atoms with Crippen molar-refractivity contribution in [2.45, 2.75) is 24.2 Å². The standard InChI is InChI=1S/C27H29N5O5S/c33-26(20-32(25-11-5-6-16-28-25)38(35,36)24-9-3-1-4-10-24)30-29-19-22-12-14-23(15-13-22)37-21-27(34)31-17-7-2-8-18-31/h1,3-6,9-16,19H,2,7-8,17-18,20-21H2,(H,30,33)/b29-19-. The predicted octanol–water partition coefficient (Wildman–Crippen LogP) is 2.82. The highest BCUT2D eigenvalue weighted by Gasteiger charge is 2.27. The molecule has 1 aliphatic heterocycles. The largest absolute Gasteiger partial charge is 0.484 e. The number of piperidine rings is 1. The van der Waals surface area contributed by atoms with E-state index < -0.39 is 22.5 Å². The molecule has 0 atom stereocenters. The van der Waals surface area contributed by atoms with E-state index in [2.05, 4.69) is 15.5 Å². The molecule has 198 valence electrons. The molecule has 2 heterocycles. The Balaban J connectivity index is 1.33. The highest BCUT2D eigenvalue weighted by atomic mass is 32.2. The van der Waals surface area contributed by atoms with Crippen LogP contribution in [0.25, 0.3) is 0 Å².